The van der Waals surface area contributed by atoms with Crippen molar-refractivity contribution < 1.29 is 14.3 Å². The number of carbonyl (C=O) groups is 1. The molecule has 0 aromatic heterocycles. The van der Waals surface area contributed by atoms with Crippen molar-refractivity contribution in [2.24, 2.45) is 0 Å². The summed E-state index contributed by atoms with van der Waals surface area (Å²) in [5.41, 5.74) is 0.851. The highest BCUT2D eigenvalue weighted by Crippen LogP contribution is 2.22. The van der Waals surface area contributed by atoms with Crippen LogP contribution >= 0.6 is 23.2 Å². The molecule has 0 aliphatic rings. The lowest BCUT2D eigenvalue weighted by Crippen LogP contribution is -2.30. The van der Waals surface area contributed by atoms with Gasteiger partial charge in [-0.1, -0.05) is 47.5 Å². The third-order valence-corrected chi connectivity index (χ3v) is 3.84. The maximum absolute atomic E-state index is 13.5. The van der Waals surface area contributed by atoms with Gasteiger partial charge in [0.2, 0.25) is 5.91 Å². The average Bonchev–Trinajstić information content (AvgIpc) is 2.49. The van der Waals surface area contributed by atoms with Crippen molar-refractivity contribution in [2.75, 3.05) is 6.54 Å². The first-order valence-electron chi connectivity index (χ1n) is 6.60. The number of benzene rings is 2. The normalized spacial score (nSPS) is 12.0. The second kappa shape index (κ2) is 7.58. The van der Waals surface area contributed by atoms with Gasteiger partial charge in [-0.2, -0.15) is 0 Å². The maximum atomic E-state index is 13.5. The van der Waals surface area contributed by atoms with Gasteiger partial charge in [-0.25, -0.2) is 4.39 Å². The summed E-state index contributed by atoms with van der Waals surface area (Å²) in [6.07, 6.45) is -1.00. The van der Waals surface area contributed by atoms with Crippen molar-refractivity contribution in [1.82, 2.24) is 5.32 Å². The molecule has 0 heterocycles. The largest absolute Gasteiger partial charge is 0.386 e. The molecule has 0 spiro atoms. The highest BCUT2D eigenvalue weighted by Gasteiger charge is 2.13. The van der Waals surface area contributed by atoms with Crippen LogP contribution in [0.2, 0.25) is 10.0 Å². The lowest BCUT2D eigenvalue weighted by atomic mass is 10.1. The highest BCUT2D eigenvalue weighted by atomic mass is 35.5. The second-order valence-corrected chi connectivity index (χ2v) is 5.58. The van der Waals surface area contributed by atoms with Crippen LogP contribution in [0, 0.1) is 5.82 Å². The van der Waals surface area contributed by atoms with Gasteiger partial charge in [0.1, 0.15) is 5.82 Å². The summed E-state index contributed by atoms with van der Waals surface area (Å²) >= 11 is 11.7. The fraction of sp³-hybridized carbons (Fsp3) is 0.188. The molecule has 2 rings (SSSR count). The van der Waals surface area contributed by atoms with Crippen LogP contribution in [-0.4, -0.2) is 17.6 Å². The number of carbonyl (C=O) groups excluding carboxylic acids is 1. The van der Waals surface area contributed by atoms with E-state index in [0.717, 1.165) is 0 Å². The lowest BCUT2D eigenvalue weighted by Gasteiger charge is -2.13. The average molecular weight is 342 g/mol. The molecule has 6 heteroatoms. The Hall–Kier alpha value is -1.62. The van der Waals surface area contributed by atoms with E-state index in [9.17, 15) is 14.3 Å². The van der Waals surface area contributed by atoms with E-state index in [0.29, 0.717) is 15.6 Å². The van der Waals surface area contributed by atoms with E-state index in [4.69, 9.17) is 23.2 Å². The monoisotopic (exact) mass is 341 g/mol. The van der Waals surface area contributed by atoms with E-state index in [1.807, 2.05) is 0 Å². The SMILES string of the molecule is O=C(Cc1ccc(Cl)c(Cl)c1)NCC(O)c1ccccc1F. The predicted octanol–water partition coefficient (Wildman–Crippen LogP) is 3.52. The maximum Gasteiger partial charge on any atom is 0.224 e. The molecule has 116 valence electrons. The van der Waals surface area contributed by atoms with Gasteiger partial charge in [0.15, 0.2) is 0 Å². The van der Waals surface area contributed by atoms with Crippen molar-refractivity contribution in [3.8, 4) is 0 Å². The van der Waals surface area contributed by atoms with Crippen LogP contribution in [0.1, 0.15) is 17.2 Å². The van der Waals surface area contributed by atoms with Gasteiger partial charge < -0.3 is 10.4 Å². The third-order valence-electron chi connectivity index (χ3n) is 3.11. The van der Waals surface area contributed by atoms with Crippen molar-refractivity contribution >= 4 is 29.1 Å². The number of amides is 1. The van der Waals surface area contributed by atoms with Crippen molar-refractivity contribution in [1.29, 1.82) is 0 Å². The van der Waals surface area contributed by atoms with E-state index in [1.165, 1.54) is 18.2 Å². The highest BCUT2D eigenvalue weighted by molar-refractivity contribution is 6.42. The molecule has 3 nitrogen and oxygen atoms in total. The molecule has 22 heavy (non-hydrogen) atoms. The molecular formula is C16H14Cl2FNO2. The van der Waals surface area contributed by atoms with Crippen LogP contribution in [0.5, 0.6) is 0 Å². The molecule has 1 unspecified atom stereocenters. The van der Waals surface area contributed by atoms with Crippen LogP contribution in [0.3, 0.4) is 0 Å². The minimum Gasteiger partial charge on any atom is -0.386 e. The fourth-order valence-corrected chi connectivity index (χ4v) is 2.28. The molecule has 0 fully saturated rings. The summed E-state index contributed by atoms with van der Waals surface area (Å²) < 4.78 is 13.5. The van der Waals surface area contributed by atoms with E-state index in [2.05, 4.69) is 5.32 Å². The van der Waals surface area contributed by atoms with Crippen molar-refractivity contribution in [3.05, 3.63) is 69.5 Å². The molecule has 0 aliphatic heterocycles. The van der Waals surface area contributed by atoms with Gasteiger partial charge in [-0.3, -0.25) is 4.79 Å². The number of hydrogen-bond donors (Lipinski definition) is 2. The molecule has 2 aromatic carbocycles. The zero-order valence-corrected chi connectivity index (χ0v) is 13.0. The number of aliphatic hydroxyl groups excluding tert-OH is 1. The second-order valence-electron chi connectivity index (χ2n) is 4.77. The first-order valence-corrected chi connectivity index (χ1v) is 7.36. The Bertz CT molecular complexity index is 679. The number of aliphatic hydroxyl groups is 1. The third kappa shape index (κ3) is 4.44. The fourth-order valence-electron chi connectivity index (χ4n) is 1.96. The minimum absolute atomic E-state index is 0.0684. The smallest absolute Gasteiger partial charge is 0.224 e. The zero-order valence-electron chi connectivity index (χ0n) is 11.5. The van der Waals surface area contributed by atoms with Gasteiger partial charge in [-0.15, -0.1) is 0 Å². The summed E-state index contributed by atoms with van der Waals surface area (Å²) in [4.78, 5) is 11.8. The van der Waals surface area contributed by atoms with E-state index in [1.54, 1.807) is 24.3 Å². The van der Waals surface area contributed by atoms with Gasteiger partial charge in [0.05, 0.1) is 22.6 Å². The molecule has 2 aromatic rings. The predicted molar refractivity (Wildman–Crippen MR) is 84.5 cm³/mol. The summed E-state index contributed by atoms with van der Waals surface area (Å²) in [5, 5.41) is 13.3. The summed E-state index contributed by atoms with van der Waals surface area (Å²) in [5.74, 6) is -0.803. The number of rotatable bonds is 5. The van der Waals surface area contributed by atoms with Gasteiger partial charge >= 0.3 is 0 Å². The van der Waals surface area contributed by atoms with Crippen LogP contribution in [0.4, 0.5) is 4.39 Å². The first-order chi connectivity index (χ1) is 10.5. The molecule has 1 amide bonds. The minimum atomic E-state index is -1.10. The Balaban J connectivity index is 1.90. The molecule has 2 N–H and O–H groups in total. The Morgan fingerprint density at radius 1 is 1.18 bits per heavy atom. The van der Waals surface area contributed by atoms with Gasteiger partial charge in [-0.05, 0) is 23.8 Å². The van der Waals surface area contributed by atoms with Gasteiger partial charge in [0, 0.05) is 12.1 Å². The molecule has 0 bridgehead atoms. The number of halogens is 3. The molecule has 0 saturated heterocycles. The first kappa shape index (κ1) is 16.7. The molecule has 0 saturated carbocycles. The van der Waals surface area contributed by atoms with Crippen LogP contribution in [0.15, 0.2) is 42.5 Å². The van der Waals surface area contributed by atoms with E-state index >= 15 is 0 Å². The van der Waals surface area contributed by atoms with E-state index in [-0.39, 0.29) is 24.4 Å². The summed E-state index contributed by atoms with van der Waals surface area (Å²) in [6.45, 7) is -0.0684. The molecule has 0 radical (unpaired) electrons. The molecule has 1 atom stereocenters. The summed E-state index contributed by atoms with van der Waals surface area (Å²) in [6, 6.07) is 10.8. The van der Waals surface area contributed by atoms with Crippen LogP contribution < -0.4 is 5.32 Å². The Labute approximate surface area is 137 Å². The standard InChI is InChI=1S/C16H14Cl2FNO2/c17-12-6-5-10(7-13(12)18)8-16(22)20-9-15(21)11-3-1-2-4-14(11)19/h1-7,15,21H,8-9H2,(H,20,22). The molecule has 0 aliphatic carbocycles. The molecular weight excluding hydrogens is 328 g/mol. The number of nitrogens with one attached hydrogen (secondary N) is 1. The Morgan fingerprint density at radius 3 is 2.59 bits per heavy atom. The van der Waals surface area contributed by atoms with Crippen molar-refractivity contribution in [2.45, 2.75) is 12.5 Å². The lowest BCUT2D eigenvalue weighted by molar-refractivity contribution is -0.120. The quantitative estimate of drug-likeness (QED) is 0.873. The van der Waals surface area contributed by atoms with Crippen LogP contribution in [0.25, 0.3) is 0 Å². The topological polar surface area (TPSA) is 49.3 Å². The Kier molecular flexibility index (Phi) is 5.77. The van der Waals surface area contributed by atoms with Gasteiger partial charge in [0.25, 0.3) is 0 Å². The Morgan fingerprint density at radius 2 is 1.91 bits per heavy atom. The van der Waals surface area contributed by atoms with Crippen LogP contribution in [-0.2, 0) is 11.2 Å². The van der Waals surface area contributed by atoms with Crippen molar-refractivity contribution in [3.63, 3.8) is 0 Å². The number of hydrogen-bond acceptors (Lipinski definition) is 2. The zero-order chi connectivity index (χ0) is 16.1. The van der Waals surface area contributed by atoms with E-state index < -0.39 is 11.9 Å². The summed E-state index contributed by atoms with van der Waals surface area (Å²) in [7, 11) is 0.